The molecule has 1 aliphatic rings. The summed E-state index contributed by atoms with van der Waals surface area (Å²) in [6.45, 7) is 10.6. The van der Waals surface area contributed by atoms with Crippen molar-refractivity contribution in [3.05, 3.63) is 18.0 Å². The quantitative estimate of drug-likeness (QED) is 0.850. The average Bonchev–Trinajstić information content (AvgIpc) is 2.81. The van der Waals surface area contributed by atoms with Gasteiger partial charge in [-0.05, 0) is 39.7 Å². The maximum Gasteiger partial charge on any atom is 0.410 e. The van der Waals surface area contributed by atoms with Gasteiger partial charge in [-0.1, -0.05) is 6.92 Å². The van der Waals surface area contributed by atoms with Crippen LogP contribution in [0.3, 0.4) is 0 Å². The van der Waals surface area contributed by atoms with Crippen LogP contribution in [-0.4, -0.2) is 63.4 Å². The fourth-order valence-corrected chi connectivity index (χ4v) is 2.62. The normalized spacial score (nSPS) is 16.0. The molecule has 0 N–H and O–H groups in total. The Kier molecular flexibility index (Phi) is 5.85. The smallest absolute Gasteiger partial charge is 0.410 e. The summed E-state index contributed by atoms with van der Waals surface area (Å²) < 4.78 is 7.20. The van der Waals surface area contributed by atoms with Gasteiger partial charge in [-0.15, -0.1) is 0 Å². The van der Waals surface area contributed by atoms with Crippen molar-refractivity contribution < 1.29 is 14.3 Å². The predicted octanol–water partition coefficient (Wildman–Crippen LogP) is 2.38. The number of aromatic nitrogens is 2. The molecule has 0 spiro atoms. The summed E-state index contributed by atoms with van der Waals surface area (Å²) in [5.74, 6) is -0.0732. The SMILES string of the molecule is CCCn1ccc(C(=O)N2CCCN(C(=O)OC(C)(C)C)CC2)n1. The molecule has 1 aliphatic heterocycles. The van der Waals surface area contributed by atoms with Crippen molar-refractivity contribution in [1.29, 1.82) is 0 Å². The highest BCUT2D eigenvalue weighted by Gasteiger charge is 2.26. The van der Waals surface area contributed by atoms with Crippen molar-refractivity contribution in [3.63, 3.8) is 0 Å². The van der Waals surface area contributed by atoms with Crippen LogP contribution in [0.5, 0.6) is 0 Å². The van der Waals surface area contributed by atoms with Gasteiger partial charge in [-0.3, -0.25) is 9.48 Å². The van der Waals surface area contributed by atoms with E-state index < -0.39 is 5.60 Å². The molecule has 2 amide bonds. The van der Waals surface area contributed by atoms with Crippen LogP contribution in [0.2, 0.25) is 0 Å². The number of ether oxygens (including phenoxy) is 1. The van der Waals surface area contributed by atoms with E-state index in [-0.39, 0.29) is 12.0 Å². The third kappa shape index (κ3) is 4.97. The molecule has 7 nitrogen and oxygen atoms in total. The largest absolute Gasteiger partial charge is 0.444 e. The average molecular weight is 336 g/mol. The molecule has 0 aromatic carbocycles. The lowest BCUT2D eigenvalue weighted by molar-refractivity contribution is 0.0255. The van der Waals surface area contributed by atoms with Crippen LogP contribution in [0.25, 0.3) is 0 Å². The molecular weight excluding hydrogens is 308 g/mol. The lowest BCUT2D eigenvalue weighted by atomic mass is 10.2. The van der Waals surface area contributed by atoms with Gasteiger partial charge in [0.1, 0.15) is 11.3 Å². The number of hydrogen-bond acceptors (Lipinski definition) is 4. The molecule has 2 heterocycles. The molecule has 0 atom stereocenters. The molecule has 1 aromatic rings. The third-order valence-electron chi connectivity index (χ3n) is 3.75. The van der Waals surface area contributed by atoms with Gasteiger partial charge in [0.05, 0.1) is 0 Å². The van der Waals surface area contributed by atoms with Crippen LogP contribution in [-0.2, 0) is 11.3 Å². The van der Waals surface area contributed by atoms with Gasteiger partial charge >= 0.3 is 6.09 Å². The number of hydrogen-bond donors (Lipinski definition) is 0. The first-order valence-corrected chi connectivity index (χ1v) is 8.61. The number of carbonyl (C=O) groups excluding carboxylic acids is 2. The topological polar surface area (TPSA) is 67.7 Å². The monoisotopic (exact) mass is 336 g/mol. The minimum atomic E-state index is -0.509. The third-order valence-corrected chi connectivity index (χ3v) is 3.75. The molecule has 0 saturated carbocycles. The van der Waals surface area contributed by atoms with Gasteiger partial charge in [-0.2, -0.15) is 5.10 Å². The van der Waals surface area contributed by atoms with Crippen molar-refractivity contribution in [2.45, 2.75) is 52.7 Å². The van der Waals surface area contributed by atoms with Crippen molar-refractivity contribution in [3.8, 4) is 0 Å². The van der Waals surface area contributed by atoms with E-state index >= 15 is 0 Å². The summed E-state index contributed by atoms with van der Waals surface area (Å²) in [5, 5.41) is 4.33. The summed E-state index contributed by atoms with van der Waals surface area (Å²) in [6.07, 6.45) is 3.23. The molecule has 0 aliphatic carbocycles. The molecule has 7 heteroatoms. The van der Waals surface area contributed by atoms with Crippen molar-refractivity contribution >= 4 is 12.0 Å². The Balaban J connectivity index is 1.94. The first kappa shape index (κ1) is 18.3. The Labute approximate surface area is 143 Å². The van der Waals surface area contributed by atoms with E-state index in [9.17, 15) is 9.59 Å². The highest BCUT2D eigenvalue weighted by Crippen LogP contribution is 2.13. The molecule has 1 aromatic heterocycles. The molecule has 2 rings (SSSR count). The van der Waals surface area contributed by atoms with E-state index in [1.165, 1.54) is 0 Å². The van der Waals surface area contributed by atoms with Crippen LogP contribution in [0, 0.1) is 0 Å². The lowest BCUT2D eigenvalue weighted by Crippen LogP contribution is -2.40. The Morgan fingerprint density at radius 3 is 2.50 bits per heavy atom. The van der Waals surface area contributed by atoms with E-state index in [1.807, 2.05) is 27.0 Å². The van der Waals surface area contributed by atoms with Crippen molar-refractivity contribution in [2.75, 3.05) is 26.2 Å². The van der Waals surface area contributed by atoms with Crippen LogP contribution in [0.15, 0.2) is 12.3 Å². The first-order valence-electron chi connectivity index (χ1n) is 8.61. The zero-order chi connectivity index (χ0) is 17.7. The van der Waals surface area contributed by atoms with Gasteiger partial charge in [0.25, 0.3) is 5.91 Å². The highest BCUT2D eigenvalue weighted by molar-refractivity contribution is 5.92. The van der Waals surface area contributed by atoms with Crippen molar-refractivity contribution in [1.82, 2.24) is 19.6 Å². The second kappa shape index (κ2) is 7.68. The summed E-state index contributed by atoms with van der Waals surface area (Å²) in [4.78, 5) is 28.2. The number of nitrogens with zero attached hydrogens (tertiary/aromatic N) is 4. The van der Waals surface area contributed by atoms with Gasteiger partial charge in [-0.25, -0.2) is 4.79 Å². The molecule has 134 valence electrons. The highest BCUT2D eigenvalue weighted by atomic mass is 16.6. The molecule has 0 radical (unpaired) electrons. The number of amides is 2. The van der Waals surface area contributed by atoms with E-state index in [4.69, 9.17) is 4.74 Å². The number of rotatable bonds is 3. The molecule has 24 heavy (non-hydrogen) atoms. The van der Waals surface area contributed by atoms with Crippen LogP contribution in [0.4, 0.5) is 4.79 Å². The van der Waals surface area contributed by atoms with Gasteiger partial charge in [0, 0.05) is 38.9 Å². The van der Waals surface area contributed by atoms with E-state index in [2.05, 4.69) is 12.0 Å². The van der Waals surface area contributed by atoms with Crippen LogP contribution < -0.4 is 0 Å². The first-order chi connectivity index (χ1) is 11.3. The number of aryl methyl sites for hydroxylation is 1. The Hall–Kier alpha value is -2.05. The summed E-state index contributed by atoms with van der Waals surface area (Å²) in [5.41, 5.74) is -0.0421. The van der Waals surface area contributed by atoms with Crippen LogP contribution >= 0.6 is 0 Å². The Morgan fingerprint density at radius 2 is 1.83 bits per heavy atom. The van der Waals surface area contributed by atoms with Gasteiger partial charge in [0.2, 0.25) is 0 Å². The molecule has 1 fully saturated rings. The summed E-state index contributed by atoms with van der Waals surface area (Å²) in [6, 6.07) is 1.76. The Morgan fingerprint density at radius 1 is 1.17 bits per heavy atom. The van der Waals surface area contributed by atoms with E-state index in [0.29, 0.717) is 31.9 Å². The zero-order valence-corrected chi connectivity index (χ0v) is 15.1. The van der Waals surface area contributed by atoms with Crippen molar-refractivity contribution in [2.24, 2.45) is 0 Å². The second-order valence-corrected chi connectivity index (χ2v) is 7.08. The zero-order valence-electron chi connectivity index (χ0n) is 15.1. The van der Waals surface area contributed by atoms with Gasteiger partial charge < -0.3 is 14.5 Å². The molecule has 0 bridgehead atoms. The summed E-state index contributed by atoms with van der Waals surface area (Å²) in [7, 11) is 0. The Bertz CT molecular complexity index is 577. The summed E-state index contributed by atoms with van der Waals surface area (Å²) >= 11 is 0. The predicted molar refractivity (Wildman–Crippen MR) is 90.8 cm³/mol. The number of carbonyl (C=O) groups is 2. The molecular formula is C17H28N4O3. The minimum absolute atomic E-state index is 0.0732. The maximum atomic E-state index is 12.6. The minimum Gasteiger partial charge on any atom is -0.444 e. The molecule has 0 unspecified atom stereocenters. The second-order valence-electron chi connectivity index (χ2n) is 7.08. The maximum absolute atomic E-state index is 12.6. The van der Waals surface area contributed by atoms with E-state index in [1.54, 1.807) is 20.5 Å². The van der Waals surface area contributed by atoms with Crippen LogP contribution in [0.1, 0.15) is 51.0 Å². The molecule has 1 saturated heterocycles. The lowest BCUT2D eigenvalue weighted by Gasteiger charge is -2.26. The van der Waals surface area contributed by atoms with Gasteiger partial charge in [0.15, 0.2) is 0 Å². The fourth-order valence-electron chi connectivity index (χ4n) is 2.62. The standard InChI is InChI=1S/C17H28N4O3/c1-5-8-21-11-7-14(18-21)15(22)19-9-6-10-20(13-12-19)16(23)24-17(2,3)4/h7,11H,5-6,8-10,12-13H2,1-4H3. The fraction of sp³-hybridized carbons (Fsp3) is 0.706. The van der Waals surface area contributed by atoms with E-state index in [0.717, 1.165) is 19.4 Å².